The quantitative estimate of drug-likeness (QED) is 0.779. The summed E-state index contributed by atoms with van der Waals surface area (Å²) in [4.78, 5) is 2.07. The van der Waals surface area contributed by atoms with Gasteiger partial charge in [0.1, 0.15) is 5.75 Å². The van der Waals surface area contributed by atoms with Gasteiger partial charge in [-0.3, -0.25) is 0 Å². The lowest BCUT2D eigenvalue weighted by Crippen LogP contribution is -2.33. The van der Waals surface area contributed by atoms with Crippen LogP contribution >= 0.6 is 11.6 Å². The fourth-order valence-corrected chi connectivity index (χ4v) is 4.56. The Hall–Kier alpha value is -1.79. The first-order valence-electron chi connectivity index (χ1n) is 10.1. The lowest BCUT2D eigenvalue weighted by molar-refractivity contribution is -0.114. The molecule has 0 aromatic heterocycles. The molecule has 2 aromatic carbocycles. The second kappa shape index (κ2) is 8.52. The number of hydrogen-bond donors (Lipinski definition) is 2. The van der Waals surface area contributed by atoms with Gasteiger partial charge in [-0.05, 0) is 35.2 Å². The molecule has 2 N–H and O–H groups in total. The Morgan fingerprint density at radius 3 is 2.62 bits per heavy atom. The number of benzene rings is 2. The molecule has 2 heterocycles. The summed E-state index contributed by atoms with van der Waals surface area (Å²) < 4.78 is 12.0. The molecule has 2 aliphatic heterocycles. The zero-order valence-electron chi connectivity index (χ0n) is 16.9. The summed E-state index contributed by atoms with van der Waals surface area (Å²) in [6.45, 7) is 0.507. The molecule has 0 amide bonds. The average Bonchev–Trinajstić information content (AvgIpc) is 3.20. The summed E-state index contributed by atoms with van der Waals surface area (Å²) in [5.41, 5.74) is 5.40. The Kier molecular flexibility index (Phi) is 6.02. The van der Waals surface area contributed by atoms with Gasteiger partial charge in [0.2, 0.25) is 0 Å². The van der Waals surface area contributed by atoms with Crippen LogP contribution in [0.3, 0.4) is 0 Å². The standard InChI is InChI=1S/C23H28ClNO4/c1-25(2)16-5-3-14(4-6-16)9-15-10-20(19-7-8-28-23(19)22(15)24)21-12-17(27)11-18(13-26)29-21/h3-6,10,17-18,21,26-27H,7-9,11-13H2,1-2H3. The molecular weight excluding hydrogens is 390 g/mol. The van der Waals surface area contributed by atoms with Gasteiger partial charge in [0.05, 0.1) is 36.5 Å². The highest BCUT2D eigenvalue weighted by Crippen LogP contribution is 2.44. The van der Waals surface area contributed by atoms with Crippen LogP contribution in [0.2, 0.25) is 5.02 Å². The van der Waals surface area contributed by atoms with Crippen LogP contribution in [0.4, 0.5) is 5.69 Å². The number of fused-ring (bicyclic) bond motifs is 1. The smallest absolute Gasteiger partial charge is 0.141 e. The van der Waals surface area contributed by atoms with Gasteiger partial charge < -0.3 is 24.6 Å². The number of rotatable bonds is 5. The SMILES string of the molecule is CN(C)c1ccc(Cc2cc(C3CC(O)CC(CO)O3)c3c(c2Cl)OCC3)cc1. The molecule has 1 saturated heterocycles. The Morgan fingerprint density at radius 2 is 1.93 bits per heavy atom. The van der Waals surface area contributed by atoms with Gasteiger partial charge >= 0.3 is 0 Å². The zero-order valence-corrected chi connectivity index (χ0v) is 17.7. The van der Waals surface area contributed by atoms with Crippen molar-refractivity contribution in [3.8, 4) is 5.75 Å². The number of aliphatic hydroxyl groups excluding tert-OH is 2. The van der Waals surface area contributed by atoms with E-state index in [0.29, 0.717) is 30.9 Å². The molecule has 156 valence electrons. The van der Waals surface area contributed by atoms with Gasteiger partial charge in [-0.2, -0.15) is 0 Å². The van der Waals surface area contributed by atoms with E-state index < -0.39 is 6.10 Å². The van der Waals surface area contributed by atoms with E-state index in [-0.39, 0.29) is 18.8 Å². The van der Waals surface area contributed by atoms with Crippen LogP contribution in [-0.4, -0.2) is 49.7 Å². The summed E-state index contributed by atoms with van der Waals surface area (Å²) in [5, 5.41) is 20.5. The van der Waals surface area contributed by atoms with Gasteiger partial charge in [0.25, 0.3) is 0 Å². The molecule has 3 atom stereocenters. The fraction of sp³-hybridized carbons (Fsp3) is 0.478. The van der Waals surface area contributed by atoms with Crippen molar-refractivity contribution in [1.29, 1.82) is 0 Å². The third-order valence-corrected chi connectivity index (χ3v) is 6.22. The maximum absolute atomic E-state index is 10.3. The molecular formula is C23H28ClNO4. The Morgan fingerprint density at radius 1 is 1.17 bits per heavy atom. The Bertz CT molecular complexity index is 868. The lowest BCUT2D eigenvalue weighted by atomic mass is 9.89. The monoisotopic (exact) mass is 417 g/mol. The van der Waals surface area contributed by atoms with E-state index in [0.717, 1.165) is 34.5 Å². The minimum atomic E-state index is -0.485. The molecule has 0 aliphatic carbocycles. The van der Waals surface area contributed by atoms with Crippen LogP contribution in [0.5, 0.6) is 5.75 Å². The molecule has 0 spiro atoms. The van der Waals surface area contributed by atoms with Gasteiger partial charge in [0.15, 0.2) is 0 Å². The molecule has 5 nitrogen and oxygen atoms in total. The molecule has 6 heteroatoms. The van der Waals surface area contributed by atoms with Gasteiger partial charge in [-0.15, -0.1) is 0 Å². The van der Waals surface area contributed by atoms with Gasteiger partial charge in [-0.25, -0.2) is 0 Å². The van der Waals surface area contributed by atoms with E-state index in [9.17, 15) is 10.2 Å². The van der Waals surface area contributed by atoms with E-state index in [1.54, 1.807) is 0 Å². The predicted molar refractivity (Wildman–Crippen MR) is 114 cm³/mol. The number of ether oxygens (including phenoxy) is 2. The van der Waals surface area contributed by atoms with Crippen LogP contribution in [0.25, 0.3) is 0 Å². The van der Waals surface area contributed by atoms with Crippen molar-refractivity contribution in [3.05, 3.63) is 57.6 Å². The first-order valence-corrected chi connectivity index (χ1v) is 10.5. The van der Waals surface area contributed by atoms with Crippen LogP contribution in [-0.2, 0) is 17.6 Å². The molecule has 1 fully saturated rings. The summed E-state index contributed by atoms with van der Waals surface area (Å²) in [5.74, 6) is 0.744. The Labute approximate surface area is 176 Å². The number of halogens is 1. The second-order valence-corrected chi connectivity index (χ2v) is 8.52. The summed E-state index contributed by atoms with van der Waals surface area (Å²) in [6.07, 6.45) is 1.35. The number of nitrogens with zero attached hydrogens (tertiary/aromatic N) is 1. The fourth-order valence-electron chi connectivity index (χ4n) is 4.27. The Balaban J connectivity index is 1.67. The van der Waals surface area contributed by atoms with Crippen LogP contribution < -0.4 is 9.64 Å². The van der Waals surface area contributed by atoms with Crippen LogP contribution in [0.15, 0.2) is 30.3 Å². The average molecular weight is 418 g/mol. The van der Waals surface area contributed by atoms with Crippen molar-refractivity contribution in [2.45, 2.75) is 44.0 Å². The molecule has 2 aliphatic rings. The van der Waals surface area contributed by atoms with Crippen molar-refractivity contribution in [3.63, 3.8) is 0 Å². The second-order valence-electron chi connectivity index (χ2n) is 8.14. The molecule has 4 rings (SSSR count). The van der Waals surface area contributed by atoms with Crippen molar-refractivity contribution >= 4 is 17.3 Å². The molecule has 29 heavy (non-hydrogen) atoms. The first kappa shape index (κ1) is 20.5. The van der Waals surface area contributed by atoms with Crippen LogP contribution in [0, 0.1) is 0 Å². The van der Waals surface area contributed by atoms with E-state index in [4.69, 9.17) is 21.1 Å². The molecule has 3 unspecified atom stereocenters. The third kappa shape index (κ3) is 4.24. The summed E-state index contributed by atoms with van der Waals surface area (Å²) >= 11 is 6.72. The number of anilines is 1. The van der Waals surface area contributed by atoms with Gasteiger partial charge in [0, 0.05) is 44.6 Å². The summed E-state index contributed by atoms with van der Waals surface area (Å²) in [6, 6.07) is 10.5. The number of hydrogen-bond acceptors (Lipinski definition) is 5. The van der Waals surface area contributed by atoms with Crippen molar-refractivity contribution in [2.24, 2.45) is 0 Å². The highest BCUT2D eigenvalue weighted by atomic mass is 35.5. The van der Waals surface area contributed by atoms with E-state index in [1.807, 2.05) is 14.1 Å². The zero-order chi connectivity index (χ0) is 20.5. The van der Waals surface area contributed by atoms with E-state index >= 15 is 0 Å². The number of aliphatic hydroxyl groups is 2. The normalized spacial score (nSPS) is 23.6. The topological polar surface area (TPSA) is 62.2 Å². The molecule has 2 aromatic rings. The third-order valence-electron chi connectivity index (χ3n) is 5.81. The highest BCUT2D eigenvalue weighted by Gasteiger charge is 2.33. The minimum Gasteiger partial charge on any atom is -0.491 e. The predicted octanol–water partition coefficient (Wildman–Crippen LogP) is 3.51. The maximum atomic E-state index is 10.3. The maximum Gasteiger partial charge on any atom is 0.141 e. The van der Waals surface area contributed by atoms with E-state index in [1.165, 1.54) is 5.56 Å². The van der Waals surface area contributed by atoms with Crippen molar-refractivity contribution in [2.75, 3.05) is 32.2 Å². The highest BCUT2D eigenvalue weighted by molar-refractivity contribution is 6.33. The molecule has 0 saturated carbocycles. The summed E-state index contributed by atoms with van der Waals surface area (Å²) in [7, 11) is 4.04. The van der Waals surface area contributed by atoms with Crippen molar-refractivity contribution < 1.29 is 19.7 Å². The first-order chi connectivity index (χ1) is 14.0. The largest absolute Gasteiger partial charge is 0.491 e. The molecule has 0 bridgehead atoms. The lowest BCUT2D eigenvalue weighted by Gasteiger charge is -2.33. The minimum absolute atomic E-state index is 0.0923. The molecule has 0 radical (unpaired) electrons. The van der Waals surface area contributed by atoms with Crippen molar-refractivity contribution in [1.82, 2.24) is 0 Å². The van der Waals surface area contributed by atoms with Crippen LogP contribution in [0.1, 0.15) is 41.2 Å². The van der Waals surface area contributed by atoms with E-state index in [2.05, 4.69) is 35.2 Å². The van der Waals surface area contributed by atoms with Gasteiger partial charge in [-0.1, -0.05) is 29.8 Å².